The van der Waals surface area contributed by atoms with Gasteiger partial charge in [0.1, 0.15) is 0 Å². The highest BCUT2D eigenvalue weighted by Gasteiger charge is 1.89. The van der Waals surface area contributed by atoms with E-state index in [-0.39, 0.29) is 0 Å². The van der Waals surface area contributed by atoms with Crippen LogP contribution in [0.15, 0.2) is 0 Å². The lowest BCUT2D eigenvalue weighted by atomic mass is 10.1. The summed E-state index contributed by atoms with van der Waals surface area (Å²) in [5.41, 5.74) is 0. The predicted molar refractivity (Wildman–Crippen MR) is 64.3 cm³/mol. The number of unbranched alkanes of at least 4 members (excludes halogenated alkanes) is 6. The normalized spacial score (nSPS) is 10.0. The van der Waals surface area contributed by atoms with Crippen molar-refractivity contribution >= 4 is 0 Å². The smallest absolute Gasteiger partial charge is 0.00865 e. The van der Waals surface area contributed by atoms with E-state index < -0.39 is 0 Å². The lowest BCUT2D eigenvalue weighted by Crippen LogP contribution is -2.16. The maximum atomic E-state index is 5.17. The second-order valence-corrected chi connectivity index (χ2v) is 3.83. The van der Waals surface area contributed by atoms with Crippen LogP contribution in [0.4, 0.5) is 0 Å². The van der Waals surface area contributed by atoms with E-state index in [1.807, 2.05) is 0 Å². The van der Waals surface area contributed by atoms with E-state index in [2.05, 4.69) is 18.2 Å². The first-order valence-electron chi connectivity index (χ1n) is 6.06. The topological polar surface area (TPSA) is 12.0 Å². The molecule has 0 radical (unpaired) electrons. The second-order valence-electron chi connectivity index (χ2n) is 3.83. The van der Waals surface area contributed by atoms with Gasteiger partial charge in [-0.25, -0.2) is 0 Å². The fourth-order valence-electron chi connectivity index (χ4n) is 1.46. The average molecular weight is 195 g/mol. The molecule has 0 aromatic carbocycles. The monoisotopic (exact) mass is 195 g/mol. The summed E-state index contributed by atoms with van der Waals surface area (Å²) < 4.78 is 0. The van der Waals surface area contributed by atoms with Crippen LogP contribution in [0.5, 0.6) is 0 Å². The summed E-state index contributed by atoms with van der Waals surface area (Å²) in [4.78, 5) is 0. The molecule has 0 aromatic heterocycles. The highest BCUT2D eigenvalue weighted by atomic mass is 14.8. The Hall–Kier alpha value is -0.480. The maximum Gasteiger partial charge on any atom is 0.00865 e. The van der Waals surface area contributed by atoms with Gasteiger partial charge in [0.2, 0.25) is 0 Å². The van der Waals surface area contributed by atoms with Crippen molar-refractivity contribution in [1.82, 2.24) is 5.32 Å². The van der Waals surface area contributed by atoms with Crippen molar-refractivity contribution in [3.05, 3.63) is 0 Å². The van der Waals surface area contributed by atoms with Gasteiger partial charge in [-0.15, -0.1) is 12.3 Å². The average Bonchev–Trinajstić information content (AvgIpc) is 2.21. The molecule has 0 atom stereocenters. The van der Waals surface area contributed by atoms with Gasteiger partial charge in [-0.2, -0.15) is 0 Å². The number of hydrogen-bond acceptors (Lipinski definition) is 1. The van der Waals surface area contributed by atoms with Gasteiger partial charge in [0.25, 0.3) is 0 Å². The molecule has 14 heavy (non-hydrogen) atoms. The van der Waals surface area contributed by atoms with Crippen molar-refractivity contribution in [3.8, 4) is 12.3 Å². The molecule has 1 nitrogen and oxygen atoms in total. The minimum Gasteiger partial charge on any atom is -0.317 e. The number of hydrogen-bond donors (Lipinski definition) is 1. The van der Waals surface area contributed by atoms with Gasteiger partial charge in [0, 0.05) is 6.42 Å². The molecule has 0 saturated heterocycles. The van der Waals surface area contributed by atoms with Crippen molar-refractivity contribution in [2.45, 2.75) is 58.3 Å². The molecule has 1 heteroatoms. The van der Waals surface area contributed by atoms with E-state index in [0.717, 1.165) is 13.0 Å². The van der Waals surface area contributed by atoms with Crippen LogP contribution in [-0.2, 0) is 0 Å². The van der Waals surface area contributed by atoms with Crippen LogP contribution < -0.4 is 5.32 Å². The number of nitrogens with one attached hydrogen (secondary N) is 1. The zero-order chi connectivity index (χ0) is 10.5. The van der Waals surface area contributed by atoms with Crippen LogP contribution in [0.3, 0.4) is 0 Å². The van der Waals surface area contributed by atoms with Gasteiger partial charge in [-0.1, -0.05) is 32.6 Å². The van der Waals surface area contributed by atoms with Crippen molar-refractivity contribution in [3.63, 3.8) is 0 Å². The van der Waals surface area contributed by atoms with Crippen molar-refractivity contribution < 1.29 is 0 Å². The highest BCUT2D eigenvalue weighted by Crippen LogP contribution is 2.01. The first-order valence-corrected chi connectivity index (χ1v) is 6.06. The Morgan fingerprint density at radius 1 is 0.929 bits per heavy atom. The minimum atomic E-state index is 0.929. The summed E-state index contributed by atoms with van der Waals surface area (Å²) in [6.07, 6.45) is 15.3. The first-order chi connectivity index (χ1) is 6.91. The van der Waals surface area contributed by atoms with Crippen molar-refractivity contribution in [2.75, 3.05) is 13.1 Å². The molecule has 0 amide bonds. The van der Waals surface area contributed by atoms with Gasteiger partial charge >= 0.3 is 0 Å². The lowest BCUT2D eigenvalue weighted by molar-refractivity contribution is 0.568. The summed E-state index contributed by atoms with van der Waals surface area (Å²) in [5, 5.41) is 3.45. The Kier molecular flexibility index (Phi) is 12.1. The van der Waals surface area contributed by atoms with Crippen LogP contribution in [0.25, 0.3) is 0 Å². The predicted octanol–water partition coefficient (Wildman–Crippen LogP) is 3.35. The quantitative estimate of drug-likeness (QED) is 0.416. The molecule has 0 fully saturated rings. The largest absolute Gasteiger partial charge is 0.317 e. The Morgan fingerprint density at radius 3 is 2.21 bits per heavy atom. The SMILES string of the molecule is C#CCCCCNCCCCCCC. The zero-order valence-corrected chi connectivity index (χ0v) is 9.65. The minimum absolute atomic E-state index is 0.929. The standard InChI is InChI=1S/C13H25N/c1-3-5-7-9-11-13-14-12-10-8-6-4-2/h2,14H,3,5-13H2,1H3. The van der Waals surface area contributed by atoms with E-state index >= 15 is 0 Å². The Labute approximate surface area is 89.7 Å². The Bertz CT molecular complexity index is 135. The molecule has 0 aromatic rings. The van der Waals surface area contributed by atoms with E-state index in [0.29, 0.717) is 0 Å². The van der Waals surface area contributed by atoms with E-state index in [4.69, 9.17) is 6.42 Å². The van der Waals surface area contributed by atoms with E-state index in [9.17, 15) is 0 Å². The molecule has 0 bridgehead atoms. The fraction of sp³-hybridized carbons (Fsp3) is 0.846. The highest BCUT2D eigenvalue weighted by molar-refractivity contribution is 4.82. The van der Waals surface area contributed by atoms with Gasteiger partial charge in [-0.3, -0.25) is 0 Å². The Morgan fingerprint density at radius 2 is 1.57 bits per heavy atom. The summed E-state index contributed by atoms with van der Waals surface area (Å²) >= 11 is 0. The molecule has 0 aliphatic heterocycles. The van der Waals surface area contributed by atoms with Gasteiger partial charge in [-0.05, 0) is 32.4 Å². The number of rotatable bonds is 10. The summed E-state index contributed by atoms with van der Waals surface area (Å²) in [7, 11) is 0. The van der Waals surface area contributed by atoms with Gasteiger partial charge in [0.15, 0.2) is 0 Å². The Balaban J connectivity index is 2.82. The zero-order valence-electron chi connectivity index (χ0n) is 9.65. The molecule has 0 heterocycles. The van der Waals surface area contributed by atoms with E-state index in [1.54, 1.807) is 0 Å². The van der Waals surface area contributed by atoms with Crippen LogP contribution in [0.1, 0.15) is 58.3 Å². The molecule has 1 N–H and O–H groups in total. The summed E-state index contributed by atoms with van der Waals surface area (Å²) in [6, 6.07) is 0. The van der Waals surface area contributed by atoms with E-state index in [1.165, 1.54) is 51.5 Å². The first kappa shape index (κ1) is 13.5. The molecular formula is C13H25N. The third-order valence-corrected chi connectivity index (χ3v) is 2.38. The van der Waals surface area contributed by atoms with Crippen LogP contribution in [0.2, 0.25) is 0 Å². The van der Waals surface area contributed by atoms with Gasteiger partial charge < -0.3 is 5.32 Å². The molecule has 0 aliphatic carbocycles. The molecule has 0 rings (SSSR count). The lowest BCUT2D eigenvalue weighted by Gasteiger charge is -2.03. The summed E-state index contributed by atoms with van der Waals surface area (Å²) in [6.45, 7) is 4.57. The molecule has 0 unspecified atom stereocenters. The summed E-state index contributed by atoms with van der Waals surface area (Å²) in [5.74, 6) is 2.67. The molecule has 82 valence electrons. The van der Waals surface area contributed by atoms with Crippen LogP contribution in [-0.4, -0.2) is 13.1 Å². The fourth-order valence-corrected chi connectivity index (χ4v) is 1.46. The molecule has 0 spiro atoms. The third kappa shape index (κ3) is 11.5. The molecule has 0 saturated carbocycles. The van der Waals surface area contributed by atoms with Gasteiger partial charge in [0.05, 0.1) is 0 Å². The maximum absolute atomic E-state index is 5.17. The van der Waals surface area contributed by atoms with Crippen LogP contribution >= 0.6 is 0 Å². The third-order valence-electron chi connectivity index (χ3n) is 2.38. The van der Waals surface area contributed by atoms with Crippen molar-refractivity contribution in [2.24, 2.45) is 0 Å². The van der Waals surface area contributed by atoms with Crippen molar-refractivity contribution in [1.29, 1.82) is 0 Å². The second kappa shape index (κ2) is 12.5. The number of terminal acetylenes is 1. The molecule has 0 aliphatic rings. The van der Waals surface area contributed by atoms with Crippen LogP contribution in [0, 0.1) is 12.3 Å². The molecular weight excluding hydrogens is 170 g/mol.